The van der Waals surface area contributed by atoms with Crippen LogP contribution in [0.2, 0.25) is 0 Å². The standard InChI is InChI=1S/C58H52BN3O/c1-55(2,3)34-19-21-35(22-20-34)62-49-30-45-44(56(4,5)25-26-57(45,6)7)28-40(49)37-23-24-38-41-27-43-39(36-17-13-14-18-42(36)58(43,8)9)29-48(41)61-50-32-51-47(31-46(50)59(62)52(37)53(38)61)60-54(63-51)33-15-11-10-12-16-33/h10-24,27-32H,25-26H2,1-9H3. The monoisotopic (exact) mass is 817 g/mol. The van der Waals surface area contributed by atoms with Crippen LogP contribution in [-0.2, 0) is 21.7 Å². The molecule has 0 unspecified atom stereocenters. The summed E-state index contributed by atoms with van der Waals surface area (Å²) in [5.74, 6) is 0.644. The number of oxazole rings is 1. The largest absolute Gasteiger partial charge is 0.436 e. The first-order valence-corrected chi connectivity index (χ1v) is 23.0. The first-order valence-electron chi connectivity index (χ1n) is 23.0. The average Bonchev–Trinajstić information content (AvgIpc) is 3.91. The lowest BCUT2D eigenvalue weighted by Gasteiger charge is -2.46. The number of anilines is 2. The molecule has 0 amide bonds. The van der Waals surface area contributed by atoms with Gasteiger partial charge >= 0.3 is 6.85 Å². The summed E-state index contributed by atoms with van der Waals surface area (Å²) in [6, 6.07) is 48.5. The van der Waals surface area contributed by atoms with E-state index in [-0.39, 0.29) is 28.5 Å². The Hall–Kier alpha value is -6.33. The van der Waals surface area contributed by atoms with Gasteiger partial charge in [0.05, 0.1) is 11.0 Å². The van der Waals surface area contributed by atoms with Crippen LogP contribution in [0.4, 0.5) is 11.4 Å². The maximum Gasteiger partial charge on any atom is 0.333 e. The quantitative estimate of drug-likeness (QED) is 0.163. The fraction of sp³-hybridized carbons (Fsp3) is 0.259. The van der Waals surface area contributed by atoms with Gasteiger partial charge in [-0.3, -0.25) is 0 Å². The Kier molecular flexibility index (Phi) is 7.11. The molecule has 4 heterocycles. The second kappa shape index (κ2) is 12.0. The molecule has 308 valence electrons. The molecule has 0 atom stereocenters. The van der Waals surface area contributed by atoms with Crippen molar-refractivity contribution in [3.05, 3.63) is 155 Å². The molecule has 0 saturated carbocycles. The molecule has 4 aliphatic rings. The van der Waals surface area contributed by atoms with E-state index in [1.54, 1.807) is 0 Å². The van der Waals surface area contributed by atoms with Crippen LogP contribution in [0.25, 0.3) is 72.3 Å². The molecule has 0 saturated heterocycles. The van der Waals surface area contributed by atoms with Gasteiger partial charge in [0, 0.05) is 50.4 Å². The number of aromatic nitrogens is 2. The van der Waals surface area contributed by atoms with Crippen LogP contribution in [0.3, 0.4) is 0 Å². The lowest BCUT2D eigenvalue weighted by atomic mass is 9.43. The van der Waals surface area contributed by atoms with Crippen LogP contribution in [-0.4, -0.2) is 16.4 Å². The molecule has 2 aliphatic carbocycles. The predicted octanol–water partition coefficient (Wildman–Crippen LogP) is 13.8. The zero-order valence-corrected chi connectivity index (χ0v) is 37.9. The summed E-state index contributed by atoms with van der Waals surface area (Å²) in [6.07, 6.45) is 2.33. The minimum absolute atomic E-state index is 0.0362. The molecule has 2 aromatic heterocycles. The number of hydrogen-bond acceptors (Lipinski definition) is 3. The van der Waals surface area contributed by atoms with Gasteiger partial charge < -0.3 is 13.8 Å². The molecule has 5 heteroatoms. The molecule has 9 aromatic rings. The zero-order valence-electron chi connectivity index (χ0n) is 37.9. The number of benzene rings is 7. The number of hydrogen-bond donors (Lipinski definition) is 0. The smallest absolute Gasteiger partial charge is 0.333 e. The molecule has 2 aliphatic heterocycles. The topological polar surface area (TPSA) is 34.2 Å². The molecule has 0 fully saturated rings. The van der Waals surface area contributed by atoms with Crippen LogP contribution >= 0.6 is 0 Å². The van der Waals surface area contributed by atoms with E-state index >= 15 is 0 Å². The predicted molar refractivity (Wildman–Crippen MR) is 264 cm³/mol. The molecule has 63 heavy (non-hydrogen) atoms. The first-order chi connectivity index (χ1) is 30.1. The third kappa shape index (κ3) is 4.91. The minimum atomic E-state index is -0.119. The molecule has 13 rings (SSSR count). The second-order valence-electron chi connectivity index (χ2n) is 21.9. The summed E-state index contributed by atoms with van der Waals surface area (Å²) in [6.45, 7) is 21.4. The van der Waals surface area contributed by atoms with E-state index in [9.17, 15) is 0 Å². The van der Waals surface area contributed by atoms with Gasteiger partial charge in [0.25, 0.3) is 0 Å². The number of rotatable bonds is 2. The van der Waals surface area contributed by atoms with Crippen molar-refractivity contribution in [3.8, 4) is 39.4 Å². The van der Waals surface area contributed by atoms with Crippen molar-refractivity contribution >= 4 is 62.1 Å². The van der Waals surface area contributed by atoms with Crippen molar-refractivity contribution in [2.75, 3.05) is 4.81 Å². The van der Waals surface area contributed by atoms with E-state index in [0.717, 1.165) is 28.8 Å². The lowest BCUT2D eigenvalue weighted by Crippen LogP contribution is -2.60. The Morgan fingerprint density at radius 3 is 2.06 bits per heavy atom. The Bertz CT molecular complexity index is 3470. The van der Waals surface area contributed by atoms with Gasteiger partial charge in [-0.25, -0.2) is 4.98 Å². The van der Waals surface area contributed by atoms with Crippen molar-refractivity contribution in [1.29, 1.82) is 0 Å². The van der Waals surface area contributed by atoms with Crippen LogP contribution in [0.15, 0.2) is 132 Å². The van der Waals surface area contributed by atoms with E-state index in [1.165, 1.54) is 101 Å². The van der Waals surface area contributed by atoms with Crippen molar-refractivity contribution in [2.24, 2.45) is 0 Å². The molecule has 0 bridgehead atoms. The summed E-state index contributed by atoms with van der Waals surface area (Å²) in [7, 11) is 0. The zero-order chi connectivity index (χ0) is 43.1. The summed E-state index contributed by atoms with van der Waals surface area (Å²) in [5.41, 5.74) is 23.8. The average molecular weight is 818 g/mol. The minimum Gasteiger partial charge on any atom is -0.436 e. The molecule has 0 N–H and O–H groups in total. The fourth-order valence-corrected chi connectivity index (χ4v) is 12.2. The van der Waals surface area contributed by atoms with Gasteiger partial charge in [-0.2, -0.15) is 0 Å². The van der Waals surface area contributed by atoms with Crippen LogP contribution in [0.5, 0.6) is 0 Å². The molecular formula is C58H52BN3O. The van der Waals surface area contributed by atoms with E-state index in [0.29, 0.717) is 5.89 Å². The normalized spacial score (nSPS) is 17.2. The van der Waals surface area contributed by atoms with Gasteiger partial charge in [0.1, 0.15) is 5.52 Å². The van der Waals surface area contributed by atoms with Crippen molar-refractivity contribution in [1.82, 2.24) is 9.55 Å². The Balaban J connectivity index is 1.18. The molecule has 4 nitrogen and oxygen atoms in total. The van der Waals surface area contributed by atoms with Gasteiger partial charge in [0.2, 0.25) is 5.89 Å². The van der Waals surface area contributed by atoms with E-state index < -0.39 is 0 Å². The Morgan fingerprint density at radius 2 is 1.32 bits per heavy atom. The van der Waals surface area contributed by atoms with Crippen LogP contribution in [0, 0.1) is 0 Å². The van der Waals surface area contributed by atoms with Crippen molar-refractivity contribution in [3.63, 3.8) is 0 Å². The molecular weight excluding hydrogens is 765 g/mol. The van der Waals surface area contributed by atoms with Gasteiger partial charge in [0.15, 0.2) is 5.58 Å². The first kappa shape index (κ1) is 37.2. The summed E-state index contributed by atoms with van der Waals surface area (Å²) in [5, 5.41) is 2.59. The third-order valence-electron chi connectivity index (χ3n) is 15.8. The highest BCUT2D eigenvalue weighted by atomic mass is 16.3. The van der Waals surface area contributed by atoms with Gasteiger partial charge in [-0.1, -0.05) is 129 Å². The lowest BCUT2D eigenvalue weighted by molar-refractivity contribution is 0.332. The highest BCUT2D eigenvalue weighted by Gasteiger charge is 2.47. The third-order valence-corrected chi connectivity index (χ3v) is 15.8. The van der Waals surface area contributed by atoms with Gasteiger partial charge in [-0.15, -0.1) is 0 Å². The van der Waals surface area contributed by atoms with E-state index in [4.69, 9.17) is 9.40 Å². The van der Waals surface area contributed by atoms with Crippen molar-refractivity contribution < 1.29 is 4.42 Å². The van der Waals surface area contributed by atoms with Crippen LogP contribution in [0.1, 0.15) is 103 Å². The van der Waals surface area contributed by atoms with Gasteiger partial charge in [-0.05, 0) is 139 Å². The highest BCUT2D eigenvalue weighted by Crippen LogP contribution is 2.55. The summed E-state index contributed by atoms with van der Waals surface area (Å²) >= 11 is 0. The maximum absolute atomic E-state index is 6.73. The highest BCUT2D eigenvalue weighted by molar-refractivity contribution is 6.93. The van der Waals surface area contributed by atoms with E-state index in [1.807, 2.05) is 6.07 Å². The number of nitrogens with zero attached hydrogens (tertiary/aromatic N) is 3. The van der Waals surface area contributed by atoms with Crippen molar-refractivity contribution in [2.45, 2.75) is 96.8 Å². The van der Waals surface area contributed by atoms with Crippen LogP contribution < -0.4 is 15.7 Å². The Labute approximate surface area is 370 Å². The maximum atomic E-state index is 6.73. The van der Waals surface area contributed by atoms with E-state index in [2.05, 4.69) is 193 Å². The molecule has 7 aromatic carbocycles. The summed E-state index contributed by atoms with van der Waals surface area (Å²) < 4.78 is 9.31. The molecule has 0 radical (unpaired) electrons. The fourth-order valence-electron chi connectivity index (χ4n) is 12.2. The second-order valence-corrected chi connectivity index (χ2v) is 21.9. The molecule has 0 spiro atoms. The SMILES string of the molecule is CC(C)(C)c1ccc(N2B3c4cc5nc(-c6ccccc6)oc5cc4-n4c5cc6c(cc5c5ccc(c3c54)-c3cc4c(cc32)C(C)(C)CCC4(C)C)C(C)(C)c2ccccc2-6)cc1. The summed E-state index contributed by atoms with van der Waals surface area (Å²) in [4.78, 5) is 7.91. The Morgan fingerprint density at radius 1 is 0.603 bits per heavy atom. The number of fused-ring (bicyclic) bond motifs is 13.